The van der Waals surface area contributed by atoms with Gasteiger partial charge in [0.05, 0.1) is 5.71 Å². The highest BCUT2D eigenvalue weighted by atomic mass is 16.2. The first kappa shape index (κ1) is 11.8. The summed E-state index contributed by atoms with van der Waals surface area (Å²) >= 11 is 0. The lowest BCUT2D eigenvalue weighted by Crippen LogP contribution is -2.29. The molecule has 0 aliphatic heterocycles. The summed E-state index contributed by atoms with van der Waals surface area (Å²) in [5, 5.41) is 4.05. The molecule has 4 nitrogen and oxygen atoms in total. The van der Waals surface area contributed by atoms with Crippen LogP contribution >= 0.6 is 0 Å². The number of rotatable bonds is 2. The summed E-state index contributed by atoms with van der Waals surface area (Å²) in [6.45, 7) is 6.41. The van der Waals surface area contributed by atoms with Gasteiger partial charge >= 0.3 is 6.03 Å². The van der Waals surface area contributed by atoms with Gasteiger partial charge < -0.3 is 5.73 Å². The van der Waals surface area contributed by atoms with E-state index in [2.05, 4.69) is 31.3 Å². The van der Waals surface area contributed by atoms with Crippen molar-refractivity contribution >= 4 is 11.7 Å². The molecule has 0 radical (unpaired) electrons. The van der Waals surface area contributed by atoms with Crippen LogP contribution in [0.3, 0.4) is 0 Å². The summed E-state index contributed by atoms with van der Waals surface area (Å²) in [5.74, 6) is 0.948. The number of hydrogen-bond acceptors (Lipinski definition) is 2. The predicted octanol–water partition coefficient (Wildman–Crippen LogP) is 2.02. The van der Waals surface area contributed by atoms with Crippen molar-refractivity contribution < 1.29 is 4.79 Å². The predicted molar refractivity (Wildman–Crippen MR) is 61.5 cm³/mol. The normalized spacial score (nSPS) is 24.1. The van der Waals surface area contributed by atoms with Gasteiger partial charge in [-0.3, -0.25) is 0 Å². The Morgan fingerprint density at radius 3 is 2.87 bits per heavy atom. The standard InChI is InChI=1S/C11H19N3O/c1-7(2)9-5-4-8(3)6-10(9)13-14-11(12)15/h6-7,9H,4-5H2,1-3H3,(H3,12,14,15). The largest absolute Gasteiger partial charge is 0.350 e. The molecule has 0 heterocycles. The number of carbonyl (C=O) groups is 1. The monoisotopic (exact) mass is 209 g/mol. The highest BCUT2D eigenvalue weighted by Crippen LogP contribution is 2.27. The Morgan fingerprint density at radius 2 is 2.33 bits per heavy atom. The van der Waals surface area contributed by atoms with E-state index in [-0.39, 0.29) is 0 Å². The van der Waals surface area contributed by atoms with Gasteiger partial charge in [-0.25, -0.2) is 10.2 Å². The molecular weight excluding hydrogens is 190 g/mol. The highest BCUT2D eigenvalue weighted by Gasteiger charge is 2.22. The molecule has 2 amide bonds. The van der Waals surface area contributed by atoms with Crippen molar-refractivity contribution in [1.29, 1.82) is 0 Å². The second kappa shape index (κ2) is 4.96. The van der Waals surface area contributed by atoms with E-state index >= 15 is 0 Å². The van der Waals surface area contributed by atoms with Crippen LogP contribution in [0.5, 0.6) is 0 Å². The first-order chi connectivity index (χ1) is 7.00. The Bertz CT molecular complexity index is 305. The highest BCUT2D eigenvalue weighted by molar-refractivity contribution is 5.98. The number of nitrogens with one attached hydrogen (secondary N) is 1. The van der Waals surface area contributed by atoms with Crippen molar-refractivity contribution in [2.45, 2.75) is 33.6 Å². The minimum Gasteiger partial charge on any atom is -0.350 e. The first-order valence-electron chi connectivity index (χ1n) is 5.31. The van der Waals surface area contributed by atoms with Gasteiger partial charge in [0.2, 0.25) is 0 Å². The lowest BCUT2D eigenvalue weighted by Gasteiger charge is -2.25. The van der Waals surface area contributed by atoms with Gasteiger partial charge in [-0.15, -0.1) is 0 Å². The van der Waals surface area contributed by atoms with Crippen LogP contribution in [0.15, 0.2) is 16.8 Å². The number of allylic oxidation sites excluding steroid dienone is 2. The number of hydrogen-bond donors (Lipinski definition) is 2. The SMILES string of the molecule is CC1=CC(=NNC(N)=O)C(C(C)C)CC1. The molecule has 1 aliphatic rings. The van der Waals surface area contributed by atoms with Crippen molar-refractivity contribution in [2.75, 3.05) is 0 Å². The minimum absolute atomic E-state index is 0.417. The second-order valence-corrected chi connectivity index (χ2v) is 4.39. The van der Waals surface area contributed by atoms with E-state index < -0.39 is 6.03 Å². The zero-order valence-electron chi connectivity index (χ0n) is 9.58. The summed E-state index contributed by atoms with van der Waals surface area (Å²) in [6, 6.07) is -0.610. The van der Waals surface area contributed by atoms with Gasteiger partial charge in [-0.1, -0.05) is 19.4 Å². The van der Waals surface area contributed by atoms with Crippen LogP contribution in [0, 0.1) is 11.8 Å². The average molecular weight is 209 g/mol. The Morgan fingerprint density at radius 1 is 1.67 bits per heavy atom. The molecule has 1 aliphatic carbocycles. The van der Waals surface area contributed by atoms with Crippen molar-refractivity contribution in [3.05, 3.63) is 11.6 Å². The topological polar surface area (TPSA) is 67.5 Å². The third-order valence-electron chi connectivity index (χ3n) is 2.72. The van der Waals surface area contributed by atoms with Crippen LogP contribution in [0.1, 0.15) is 33.6 Å². The Labute approximate surface area is 90.6 Å². The van der Waals surface area contributed by atoms with E-state index in [1.807, 2.05) is 6.08 Å². The van der Waals surface area contributed by atoms with Crippen LogP contribution in [0.4, 0.5) is 4.79 Å². The molecule has 1 unspecified atom stereocenters. The molecule has 84 valence electrons. The van der Waals surface area contributed by atoms with Gasteiger partial charge in [0.1, 0.15) is 0 Å². The molecule has 0 aromatic carbocycles. The van der Waals surface area contributed by atoms with E-state index in [9.17, 15) is 4.79 Å². The van der Waals surface area contributed by atoms with Gasteiger partial charge in [0.15, 0.2) is 0 Å². The lowest BCUT2D eigenvalue weighted by atomic mass is 9.81. The molecule has 1 atom stereocenters. The molecule has 0 saturated heterocycles. The fourth-order valence-electron chi connectivity index (χ4n) is 1.87. The van der Waals surface area contributed by atoms with E-state index in [0.29, 0.717) is 11.8 Å². The first-order valence-corrected chi connectivity index (χ1v) is 5.31. The van der Waals surface area contributed by atoms with Gasteiger partial charge in [-0.05, 0) is 31.8 Å². The van der Waals surface area contributed by atoms with E-state index in [1.165, 1.54) is 5.57 Å². The van der Waals surface area contributed by atoms with Crippen LogP contribution in [-0.4, -0.2) is 11.7 Å². The Hall–Kier alpha value is -1.32. The van der Waals surface area contributed by atoms with Crippen LogP contribution in [0.25, 0.3) is 0 Å². The van der Waals surface area contributed by atoms with Crippen molar-refractivity contribution in [3.8, 4) is 0 Å². The molecule has 1 rings (SSSR count). The minimum atomic E-state index is -0.610. The molecular formula is C11H19N3O. The van der Waals surface area contributed by atoms with E-state index in [1.54, 1.807) is 0 Å². The lowest BCUT2D eigenvalue weighted by molar-refractivity contribution is 0.249. The molecule has 3 N–H and O–H groups in total. The van der Waals surface area contributed by atoms with Crippen LogP contribution < -0.4 is 11.2 Å². The van der Waals surface area contributed by atoms with Gasteiger partial charge in [-0.2, -0.15) is 5.10 Å². The number of primary amides is 1. The third kappa shape index (κ3) is 3.38. The molecule has 15 heavy (non-hydrogen) atoms. The molecule has 0 fully saturated rings. The van der Waals surface area contributed by atoms with Gasteiger partial charge in [0, 0.05) is 5.92 Å². The second-order valence-electron chi connectivity index (χ2n) is 4.39. The number of carbonyl (C=O) groups excluding carboxylic acids is 1. The van der Waals surface area contributed by atoms with Crippen LogP contribution in [-0.2, 0) is 0 Å². The zero-order valence-corrected chi connectivity index (χ0v) is 9.58. The maximum atomic E-state index is 10.6. The van der Waals surface area contributed by atoms with Crippen molar-refractivity contribution in [3.63, 3.8) is 0 Å². The molecule has 0 saturated carbocycles. The zero-order chi connectivity index (χ0) is 11.4. The molecule has 0 bridgehead atoms. The number of nitrogens with two attached hydrogens (primary N) is 1. The summed E-state index contributed by atoms with van der Waals surface area (Å²) in [5.41, 5.74) is 9.53. The smallest absolute Gasteiger partial charge is 0.332 e. The quantitative estimate of drug-likeness (QED) is 0.671. The van der Waals surface area contributed by atoms with E-state index in [4.69, 9.17) is 5.73 Å². The number of urea groups is 1. The fraction of sp³-hybridized carbons (Fsp3) is 0.636. The average Bonchev–Trinajstić information content (AvgIpc) is 2.14. The molecule has 0 aromatic heterocycles. The molecule has 4 heteroatoms. The Balaban J connectivity index is 2.82. The number of amides is 2. The maximum absolute atomic E-state index is 10.6. The summed E-state index contributed by atoms with van der Waals surface area (Å²) in [6.07, 6.45) is 4.25. The third-order valence-corrected chi connectivity index (χ3v) is 2.72. The summed E-state index contributed by atoms with van der Waals surface area (Å²) in [4.78, 5) is 10.6. The van der Waals surface area contributed by atoms with Crippen molar-refractivity contribution in [1.82, 2.24) is 5.43 Å². The fourth-order valence-corrected chi connectivity index (χ4v) is 1.87. The molecule has 0 spiro atoms. The van der Waals surface area contributed by atoms with Crippen molar-refractivity contribution in [2.24, 2.45) is 22.7 Å². The number of nitrogens with zero attached hydrogens (tertiary/aromatic N) is 1. The van der Waals surface area contributed by atoms with Crippen LogP contribution in [0.2, 0.25) is 0 Å². The Kier molecular flexibility index (Phi) is 3.88. The van der Waals surface area contributed by atoms with E-state index in [0.717, 1.165) is 18.6 Å². The summed E-state index contributed by atoms with van der Waals surface area (Å²) < 4.78 is 0. The summed E-state index contributed by atoms with van der Waals surface area (Å²) in [7, 11) is 0. The number of hydrazone groups is 1. The van der Waals surface area contributed by atoms with Gasteiger partial charge in [0.25, 0.3) is 0 Å². The maximum Gasteiger partial charge on any atom is 0.332 e. The molecule has 0 aromatic rings.